The van der Waals surface area contributed by atoms with Gasteiger partial charge >= 0.3 is 0 Å². The van der Waals surface area contributed by atoms with Crippen LogP contribution in [0.4, 0.5) is 5.69 Å². The van der Waals surface area contributed by atoms with Crippen molar-refractivity contribution < 1.29 is 14.3 Å². The zero-order valence-corrected chi connectivity index (χ0v) is 17.1. The number of hydrogen-bond acceptors (Lipinski definition) is 3. The van der Waals surface area contributed by atoms with Crippen molar-refractivity contribution in [3.8, 4) is 5.75 Å². The largest absolute Gasteiger partial charge is 0.497 e. The van der Waals surface area contributed by atoms with Crippen LogP contribution in [0.3, 0.4) is 0 Å². The number of amides is 2. The summed E-state index contributed by atoms with van der Waals surface area (Å²) in [4.78, 5) is 27.4. The topological polar surface area (TPSA) is 58.6 Å². The summed E-state index contributed by atoms with van der Waals surface area (Å²) in [6.07, 6.45) is 0.826. The highest BCUT2D eigenvalue weighted by molar-refractivity contribution is 6.07. The number of anilines is 1. The number of nitrogens with zero attached hydrogens (tertiary/aromatic N) is 1. The third-order valence-corrected chi connectivity index (χ3v) is 5.41. The molecule has 2 amide bonds. The minimum absolute atomic E-state index is 0.00117. The Kier molecular flexibility index (Phi) is 5.53. The van der Waals surface area contributed by atoms with E-state index in [1.54, 1.807) is 31.4 Å². The van der Waals surface area contributed by atoms with Crippen molar-refractivity contribution in [1.82, 2.24) is 5.32 Å². The Balaban J connectivity index is 1.50. The monoisotopic (exact) mass is 400 g/mol. The minimum Gasteiger partial charge on any atom is -0.497 e. The maximum atomic E-state index is 13.1. The molecule has 0 unspecified atom stereocenters. The van der Waals surface area contributed by atoms with Crippen molar-refractivity contribution in [3.63, 3.8) is 0 Å². The molecule has 5 heteroatoms. The first-order valence-electron chi connectivity index (χ1n) is 9.99. The Morgan fingerprint density at radius 1 is 1.00 bits per heavy atom. The number of nitrogens with one attached hydrogen (secondary N) is 1. The van der Waals surface area contributed by atoms with Gasteiger partial charge in [-0.1, -0.05) is 30.3 Å². The lowest BCUT2D eigenvalue weighted by molar-refractivity contribution is 0.0948. The normalized spacial score (nSPS) is 14.9. The molecule has 0 aromatic heterocycles. The average Bonchev–Trinajstić information content (AvgIpc) is 3.12. The number of ether oxygens (including phenoxy) is 1. The number of rotatable bonds is 5. The second-order valence-corrected chi connectivity index (χ2v) is 7.47. The summed E-state index contributed by atoms with van der Waals surface area (Å²) in [5.41, 5.74) is 4.28. The minimum atomic E-state index is -0.149. The maximum absolute atomic E-state index is 13.1. The molecule has 1 heterocycles. The van der Waals surface area contributed by atoms with Gasteiger partial charge in [0.15, 0.2) is 0 Å². The van der Waals surface area contributed by atoms with Gasteiger partial charge in [-0.05, 0) is 66.9 Å². The maximum Gasteiger partial charge on any atom is 0.258 e. The smallest absolute Gasteiger partial charge is 0.258 e. The van der Waals surface area contributed by atoms with E-state index >= 15 is 0 Å². The third-order valence-electron chi connectivity index (χ3n) is 5.41. The molecule has 1 aliphatic rings. The van der Waals surface area contributed by atoms with E-state index in [4.69, 9.17) is 4.74 Å². The molecule has 3 aromatic rings. The van der Waals surface area contributed by atoms with E-state index in [9.17, 15) is 9.59 Å². The lowest BCUT2D eigenvalue weighted by Gasteiger charge is -2.23. The van der Waals surface area contributed by atoms with Crippen LogP contribution >= 0.6 is 0 Å². The Morgan fingerprint density at radius 2 is 1.73 bits per heavy atom. The summed E-state index contributed by atoms with van der Waals surface area (Å²) in [5.74, 6) is 0.562. The van der Waals surface area contributed by atoms with Crippen LogP contribution in [0, 0.1) is 0 Å². The summed E-state index contributed by atoms with van der Waals surface area (Å²) in [7, 11) is 1.59. The van der Waals surface area contributed by atoms with Crippen LogP contribution in [0.2, 0.25) is 0 Å². The fourth-order valence-electron chi connectivity index (χ4n) is 3.82. The Bertz CT molecular complexity index is 1060. The summed E-state index contributed by atoms with van der Waals surface area (Å²) in [6, 6.07) is 22.5. The predicted octanol–water partition coefficient (Wildman–Crippen LogP) is 4.22. The highest BCUT2D eigenvalue weighted by atomic mass is 16.5. The summed E-state index contributed by atoms with van der Waals surface area (Å²) in [5, 5.41) is 2.95. The molecule has 0 saturated heterocycles. The van der Waals surface area contributed by atoms with Crippen LogP contribution < -0.4 is 15.0 Å². The van der Waals surface area contributed by atoms with Crippen molar-refractivity contribution in [2.24, 2.45) is 0 Å². The van der Waals surface area contributed by atoms with E-state index in [-0.39, 0.29) is 17.9 Å². The van der Waals surface area contributed by atoms with Gasteiger partial charge in [0.2, 0.25) is 0 Å². The molecular weight excluding hydrogens is 376 g/mol. The van der Waals surface area contributed by atoms with Crippen LogP contribution in [0.5, 0.6) is 5.75 Å². The standard InChI is InChI=1S/C25H24N2O3/c1-17-14-21-9-8-18(16-26-24(28)19-10-12-22(30-2)13-11-19)15-23(21)27(17)25(29)20-6-4-3-5-7-20/h3-13,15,17H,14,16H2,1-2H3,(H,26,28)/t17-/m0/s1. The second-order valence-electron chi connectivity index (χ2n) is 7.47. The van der Waals surface area contributed by atoms with E-state index in [0.717, 1.165) is 23.2 Å². The fourth-order valence-corrected chi connectivity index (χ4v) is 3.82. The molecule has 0 bridgehead atoms. The first-order valence-corrected chi connectivity index (χ1v) is 9.99. The molecule has 152 valence electrons. The lowest BCUT2D eigenvalue weighted by Crippen LogP contribution is -2.35. The molecule has 4 rings (SSSR count). The van der Waals surface area contributed by atoms with Crippen LogP contribution in [0.25, 0.3) is 0 Å². The molecule has 1 N–H and O–H groups in total. The van der Waals surface area contributed by atoms with Crippen LogP contribution in [-0.2, 0) is 13.0 Å². The molecule has 0 radical (unpaired) electrons. The highest BCUT2D eigenvalue weighted by Gasteiger charge is 2.31. The van der Waals surface area contributed by atoms with E-state index in [1.165, 1.54) is 0 Å². The van der Waals surface area contributed by atoms with Crippen LogP contribution in [0.1, 0.15) is 38.8 Å². The molecule has 30 heavy (non-hydrogen) atoms. The zero-order chi connectivity index (χ0) is 21.1. The number of benzene rings is 3. The first-order chi connectivity index (χ1) is 14.6. The molecule has 0 aliphatic carbocycles. The van der Waals surface area contributed by atoms with Crippen molar-refractivity contribution in [3.05, 3.63) is 95.1 Å². The molecule has 1 aliphatic heterocycles. The van der Waals surface area contributed by atoms with Crippen LogP contribution in [0.15, 0.2) is 72.8 Å². The van der Waals surface area contributed by atoms with Crippen LogP contribution in [-0.4, -0.2) is 25.0 Å². The highest BCUT2D eigenvalue weighted by Crippen LogP contribution is 2.34. The first kappa shape index (κ1) is 19.7. The van der Waals surface area contributed by atoms with Gasteiger partial charge in [0.05, 0.1) is 7.11 Å². The number of carbonyl (C=O) groups is 2. The van der Waals surface area contributed by atoms with E-state index in [0.29, 0.717) is 23.4 Å². The lowest BCUT2D eigenvalue weighted by atomic mass is 10.1. The summed E-state index contributed by atoms with van der Waals surface area (Å²) >= 11 is 0. The zero-order valence-electron chi connectivity index (χ0n) is 17.1. The molecular formula is C25H24N2O3. The number of methoxy groups -OCH3 is 1. The Labute approximate surface area is 176 Å². The molecule has 0 spiro atoms. The van der Waals surface area contributed by atoms with E-state index in [1.807, 2.05) is 47.4 Å². The van der Waals surface area contributed by atoms with Crippen molar-refractivity contribution in [1.29, 1.82) is 0 Å². The Hall–Kier alpha value is -3.60. The predicted molar refractivity (Wildman–Crippen MR) is 117 cm³/mol. The van der Waals surface area contributed by atoms with Gasteiger partial charge in [-0.25, -0.2) is 0 Å². The molecule has 5 nitrogen and oxygen atoms in total. The van der Waals surface area contributed by atoms with Crippen molar-refractivity contribution in [2.45, 2.75) is 25.9 Å². The quantitative estimate of drug-likeness (QED) is 0.698. The molecule has 3 aromatic carbocycles. The van der Waals surface area contributed by atoms with Gasteiger partial charge in [0, 0.05) is 29.4 Å². The number of carbonyl (C=O) groups excluding carboxylic acids is 2. The van der Waals surface area contributed by atoms with Crippen molar-refractivity contribution in [2.75, 3.05) is 12.0 Å². The average molecular weight is 400 g/mol. The second kappa shape index (κ2) is 8.41. The van der Waals surface area contributed by atoms with Gasteiger partial charge in [-0.2, -0.15) is 0 Å². The molecule has 0 fully saturated rings. The number of hydrogen-bond donors (Lipinski definition) is 1. The van der Waals surface area contributed by atoms with Crippen molar-refractivity contribution >= 4 is 17.5 Å². The van der Waals surface area contributed by atoms with E-state index < -0.39 is 0 Å². The molecule has 0 saturated carbocycles. The summed E-state index contributed by atoms with van der Waals surface area (Å²) in [6.45, 7) is 2.45. The number of fused-ring (bicyclic) bond motifs is 1. The van der Waals surface area contributed by atoms with Gasteiger partial charge in [0.25, 0.3) is 11.8 Å². The van der Waals surface area contributed by atoms with Gasteiger partial charge in [-0.3, -0.25) is 9.59 Å². The van der Waals surface area contributed by atoms with Gasteiger partial charge in [0.1, 0.15) is 5.75 Å². The van der Waals surface area contributed by atoms with Gasteiger partial charge in [-0.15, -0.1) is 0 Å². The fraction of sp³-hybridized carbons (Fsp3) is 0.200. The summed E-state index contributed by atoms with van der Waals surface area (Å²) < 4.78 is 5.13. The molecule has 1 atom stereocenters. The van der Waals surface area contributed by atoms with E-state index in [2.05, 4.69) is 18.3 Å². The third kappa shape index (κ3) is 3.92. The van der Waals surface area contributed by atoms with Gasteiger partial charge < -0.3 is 15.0 Å². The Morgan fingerprint density at radius 3 is 2.43 bits per heavy atom. The SMILES string of the molecule is COc1ccc(C(=O)NCc2ccc3c(c2)N(C(=O)c2ccccc2)[C@@H](C)C3)cc1.